The van der Waals surface area contributed by atoms with Crippen molar-refractivity contribution >= 4 is 23.2 Å². The number of nitriles is 1. The van der Waals surface area contributed by atoms with Crippen molar-refractivity contribution in [2.24, 2.45) is 0 Å². The third-order valence-electron chi connectivity index (χ3n) is 2.16. The Labute approximate surface area is 109 Å². The van der Waals surface area contributed by atoms with Crippen LogP contribution >= 0.6 is 23.2 Å². The van der Waals surface area contributed by atoms with Gasteiger partial charge in [-0.1, -0.05) is 29.3 Å². The Kier molecular flexibility index (Phi) is 3.28. The molecular formula is C12H7Cl2N3. The smallest absolute Gasteiger partial charge is 0.163 e. The van der Waals surface area contributed by atoms with E-state index < -0.39 is 0 Å². The molecule has 0 bridgehead atoms. The van der Waals surface area contributed by atoms with Gasteiger partial charge in [0.2, 0.25) is 0 Å². The average molecular weight is 264 g/mol. The highest BCUT2D eigenvalue weighted by Gasteiger charge is 2.12. The van der Waals surface area contributed by atoms with Gasteiger partial charge in [-0.3, -0.25) is 0 Å². The summed E-state index contributed by atoms with van der Waals surface area (Å²) in [6, 6.07) is 8.75. The van der Waals surface area contributed by atoms with Gasteiger partial charge in [-0.2, -0.15) is 5.26 Å². The van der Waals surface area contributed by atoms with Crippen molar-refractivity contribution in [3.8, 4) is 17.5 Å². The molecule has 1 heterocycles. The van der Waals surface area contributed by atoms with Crippen LogP contribution in [0.25, 0.3) is 11.4 Å². The summed E-state index contributed by atoms with van der Waals surface area (Å²) in [5.41, 5.74) is 1.54. The Balaban J connectivity index is 2.69. The number of halogens is 2. The third-order valence-corrected chi connectivity index (χ3v) is 2.79. The zero-order valence-corrected chi connectivity index (χ0v) is 10.4. The molecule has 0 N–H and O–H groups in total. The second kappa shape index (κ2) is 4.70. The van der Waals surface area contributed by atoms with Gasteiger partial charge in [-0.15, -0.1) is 0 Å². The Morgan fingerprint density at radius 3 is 2.41 bits per heavy atom. The molecule has 0 aliphatic heterocycles. The van der Waals surface area contributed by atoms with E-state index in [1.807, 2.05) is 6.07 Å². The maximum atomic E-state index is 8.87. The molecule has 1 aromatic carbocycles. The predicted molar refractivity (Wildman–Crippen MR) is 66.9 cm³/mol. The summed E-state index contributed by atoms with van der Waals surface area (Å²) >= 11 is 12.1. The fourth-order valence-electron chi connectivity index (χ4n) is 1.45. The number of nitrogens with zero attached hydrogens (tertiary/aromatic N) is 3. The van der Waals surface area contributed by atoms with E-state index in [0.717, 1.165) is 0 Å². The molecule has 0 spiro atoms. The van der Waals surface area contributed by atoms with E-state index >= 15 is 0 Å². The van der Waals surface area contributed by atoms with E-state index in [1.54, 1.807) is 31.2 Å². The summed E-state index contributed by atoms with van der Waals surface area (Å²) in [5, 5.41) is 9.80. The predicted octanol–water partition coefficient (Wildman–Crippen LogP) is 3.63. The zero-order chi connectivity index (χ0) is 12.4. The molecular weight excluding hydrogens is 257 g/mol. The third kappa shape index (κ3) is 2.38. The normalized spacial score (nSPS) is 10.0. The molecule has 5 heteroatoms. The molecule has 84 valence electrons. The van der Waals surface area contributed by atoms with Crippen LogP contribution in [0.5, 0.6) is 0 Å². The lowest BCUT2D eigenvalue weighted by molar-refractivity contribution is 1.09. The summed E-state index contributed by atoms with van der Waals surface area (Å²) in [6.45, 7) is 1.79. The molecule has 2 rings (SSSR count). The van der Waals surface area contributed by atoms with Gasteiger partial charge < -0.3 is 0 Å². The topological polar surface area (TPSA) is 49.6 Å². The minimum Gasteiger partial charge on any atom is -0.233 e. The zero-order valence-electron chi connectivity index (χ0n) is 8.91. The second-order valence-corrected chi connectivity index (χ2v) is 4.24. The molecule has 0 fully saturated rings. The molecule has 0 radical (unpaired) electrons. The molecule has 0 atom stereocenters. The number of hydrogen-bond acceptors (Lipinski definition) is 3. The first-order valence-corrected chi connectivity index (χ1v) is 5.57. The molecule has 1 aromatic heterocycles. The Hall–Kier alpha value is -1.63. The fourth-order valence-corrected chi connectivity index (χ4v) is 2.02. The van der Waals surface area contributed by atoms with Gasteiger partial charge in [-0.05, 0) is 25.1 Å². The maximum Gasteiger partial charge on any atom is 0.163 e. The van der Waals surface area contributed by atoms with E-state index in [4.69, 9.17) is 28.5 Å². The fraction of sp³-hybridized carbons (Fsp3) is 0.0833. The highest BCUT2D eigenvalue weighted by molar-refractivity contribution is 6.38. The molecule has 0 saturated heterocycles. The van der Waals surface area contributed by atoms with Gasteiger partial charge in [-0.25, -0.2) is 9.97 Å². The highest BCUT2D eigenvalue weighted by Crippen LogP contribution is 2.32. The first-order chi connectivity index (χ1) is 8.11. The van der Waals surface area contributed by atoms with Crippen LogP contribution in [0.4, 0.5) is 0 Å². The van der Waals surface area contributed by atoms with E-state index in [1.165, 1.54) is 0 Å². The Morgan fingerprint density at radius 1 is 1.18 bits per heavy atom. The van der Waals surface area contributed by atoms with Gasteiger partial charge in [0.05, 0.1) is 15.6 Å². The molecule has 0 unspecified atom stereocenters. The molecule has 0 aliphatic rings. The van der Waals surface area contributed by atoms with Crippen molar-refractivity contribution in [3.63, 3.8) is 0 Å². The quantitative estimate of drug-likeness (QED) is 0.790. The summed E-state index contributed by atoms with van der Waals surface area (Å²) in [6.07, 6.45) is 0. The monoisotopic (exact) mass is 263 g/mol. The SMILES string of the molecule is Cc1cc(C#N)nc(-c2c(Cl)cccc2Cl)n1. The van der Waals surface area contributed by atoms with Gasteiger partial charge in [0, 0.05) is 5.69 Å². The molecule has 17 heavy (non-hydrogen) atoms. The van der Waals surface area contributed by atoms with Crippen LogP contribution in [-0.2, 0) is 0 Å². The van der Waals surface area contributed by atoms with E-state index in [-0.39, 0.29) is 0 Å². The van der Waals surface area contributed by atoms with Crippen LogP contribution in [-0.4, -0.2) is 9.97 Å². The summed E-state index contributed by atoms with van der Waals surface area (Å²) in [7, 11) is 0. The van der Waals surface area contributed by atoms with Crippen molar-refractivity contribution in [1.29, 1.82) is 5.26 Å². The molecule has 0 aliphatic carbocycles. The molecule has 0 saturated carbocycles. The summed E-state index contributed by atoms with van der Waals surface area (Å²) < 4.78 is 0. The van der Waals surface area contributed by atoms with Gasteiger partial charge in [0.25, 0.3) is 0 Å². The number of aryl methyl sites for hydroxylation is 1. The minimum atomic E-state index is 0.295. The van der Waals surface area contributed by atoms with Gasteiger partial charge in [0.15, 0.2) is 5.82 Å². The van der Waals surface area contributed by atoms with Gasteiger partial charge in [0.1, 0.15) is 11.8 Å². The van der Waals surface area contributed by atoms with Crippen molar-refractivity contribution < 1.29 is 0 Å². The van der Waals surface area contributed by atoms with Crippen LogP contribution in [0.15, 0.2) is 24.3 Å². The van der Waals surface area contributed by atoms with Crippen LogP contribution < -0.4 is 0 Å². The van der Waals surface area contributed by atoms with Gasteiger partial charge >= 0.3 is 0 Å². The van der Waals surface area contributed by atoms with Crippen molar-refractivity contribution in [2.45, 2.75) is 6.92 Å². The Bertz CT molecular complexity index is 597. The van der Waals surface area contributed by atoms with Crippen LogP contribution in [0.3, 0.4) is 0 Å². The molecule has 3 nitrogen and oxygen atoms in total. The number of rotatable bonds is 1. The lowest BCUT2D eigenvalue weighted by Gasteiger charge is -2.06. The largest absolute Gasteiger partial charge is 0.233 e. The number of hydrogen-bond donors (Lipinski definition) is 0. The number of benzene rings is 1. The van der Waals surface area contributed by atoms with E-state index in [2.05, 4.69) is 9.97 Å². The van der Waals surface area contributed by atoms with Crippen molar-refractivity contribution in [1.82, 2.24) is 9.97 Å². The summed E-state index contributed by atoms with van der Waals surface area (Å²) in [5.74, 6) is 0.372. The lowest BCUT2D eigenvalue weighted by atomic mass is 10.2. The average Bonchev–Trinajstić information content (AvgIpc) is 2.28. The first-order valence-electron chi connectivity index (χ1n) is 4.82. The van der Waals surface area contributed by atoms with E-state index in [9.17, 15) is 0 Å². The number of aromatic nitrogens is 2. The lowest BCUT2D eigenvalue weighted by Crippen LogP contribution is -1.96. The van der Waals surface area contributed by atoms with Crippen LogP contribution in [0.2, 0.25) is 10.0 Å². The second-order valence-electron chi connectivity index (χ2n) is 3.43. The van der Waals surface area contributed by atoms with E-state index in [0.29, 0.717) is 32.8 Å². The Morgan fingerprint density at radius 2 is 1.82 bits per heavy atom. The minimum absolute atomic E-state index is 0.295. The maximum absolute atomic E-state index is 8.87. The first kappa shape index (κ1) is 11.8. The van der Waals surface area contributed by atoms with Crippen molar-refractivity contribution in [2.75, 3.05) is 0 Å². The molecule has 0 amide bonds. The van der Waals surface area contributed by atoms with Crippen LogP contribution in [0, 0.1) is 18.3 Å². The molecule has 2 aromatic rings. The standard InChI is InChI=1S/C12H7Cl2N3/c1-7-5-8(6-15)17-12(16-7)11-9(13)3-2-4-10(11)14/h2-5H,1H3. The van der Waals surface area contributed by atoms with Crippen molar-refractivity contribution in [3.05, 3.63) is 45.7 Å². The van der Waals surface area contributed by atoms with Crippen LogP contribution in [0.1, 0.15) is 11.4 Å². The summed E-state index contributed by atoms with van der Waals surface area (Å²) in [4.78, 5) is 8.35. The highest BCUT2D eigenvalue weighted by atomic mass is 35.5.